The van der Waals surface area contributed by atoms with Crippen molar-refractivity contribution in [1.82, 2.24) is 9.88 Å². The van der Waals surface area contributed by atoms with Gasteiger partial charge < -0.3 is 15.2 Å². The standard InChI is InChI=1S/C18H23N3O3S.ClH/c1-23-16-11-13(14-12-25-18(20-14)17(19)22)5-6-15(16)24-10-9-21-7-3-2-4-8-21;/h5-6,11-12H,2-4,7-10H2,1H3,(H2,19,22);1H. The molecule has 0 aliphatic carbocycles. The van der Waals surface area contributed by atoms with E-state index in [4.69, 9.17) is 15.2 Å². The average molecular weight is 398 g/mol. The quantitative estimate of drug-likeness (QED) is 0.776. The van der Waals surface area contributed by atoms with Crippen LogP contribution < -0.4 is 15.2 Å². The van der Waals surface area contributed by atoms with Gasteiger partial charge in [-0.25, -0.2) is 4.98 Å². The number of hydrogen-bond donors (Lipinski definition) is 1. The van der Waals surface area contributed by atoms with Crippen LogP contribution >= 0.6 is 23.7 Å². The number of piperidine rings is 1. The van der Waals surface area contributed by atoms with Crippen LogP contribution in [0.1, 0.15) is 29.1 Å². The van der Waals surface area contributed by atoms with Gasteiger partial charge in [0.15, 0.2) is 16.5 Å². The van der Waals surface area contributed by atoms with Gasteiger partial charge >= 0.3 is 0 Å². The predicted molar refractivity (Wildman–Crippen MR) is 106 cm³/mol. The average Bonchev–Trinajstić information content (AvgIpc) is 3.13. The van der Waals surface area contributed by atoms with Crippen LogP contribution in [-0.4, -0.2) is 49.1 Å². The number of ether oxygens (including phenoxy) is 2. The van der Waals surface area contributed by atoms with Gasteiger partial charge in [-0.1, -0.05) is 6.42 Å². The Hall–Kier alpha value is -1.83. The second-order valence-corrected chi connectivity index (χ2v) is 6.88. The Morgan fingerprint density at radius 3 is 2.69 bits per heavy atom. The van der Waals surface area contributed by atoms with Crippen LogP contribution in [0, 0.1) is 0 Å². The zero-order valence-corrected chi connectivity index (χ0v) is 16.4. The summed E-state index contributed by atoms with van der Waals surface area (Å²) in [5, 5.41) is 2.11. The molecular formula is C18H24ClN3O3S. The van der Waals surface area contributed by atoms with Gasteiger partial charge in [-0.2, -0.15) is 0 Å². The van der Waals surface area contributed by atoms with E-state index in [-0.39, 0.29) is 12.4 Å². The molecule has 142 valence electrons. The van der Waals surface area contributed by atoms with Crippen molar-refractivity contribution in [2.24, 2.45) is 5.73 Å². The number of thiazole rings is 1. The highest BCUT2D eigenvalue weighted by atomic mass is 35.5. The lowest BCUT2D eigenvalue weighted by Crippen LogP contribution is -2.33. The number of carbonyl (C=O) groups is 1. The molecule has 0 atom stereocenters. The largest absolute Gasteiger partial charge is 0.493 e. The smallest absolute Gasteiger partial charge is 0.277 e. The Kier molecular flexibility index (Phi) is 7.68. The molecule has 1 saturated heterocycles. The third-order valence-electron chi connectivity index (χ3n) is 4.29. The lowest BCUT2D eigenvalue weighted by molar-refractivity contribution is 0.1000. The van der Waals surface area contributed by atoms with Crippen molar-refractivity contribution in [2.45, 2.75) is 19.3 Å². The number of amides is 1. The number of nitrogens with zero attached hydrogens (tertiary/aromatic N) is 2. The van der Waals surface area contributed by atoms with E-state index in [0.717, 1.165) is 25.2 Å². The Morgan fingerprint density at radius 2 is 2.04 bits per heavy atom. The SMILES string of the molecule is COc1cc(-c2csc(C(N)=O)n2)ccc1OCCN1CCCCC1.Cl. The van der Waals surface area contributed by atoms with E-state index in [9.17, 15) is 4.79 Å². The Labute approximate surface area is 163 Å². The highest BCUT2D eigenvalue weighted by molar-refractivity contribution is 7.12. The van der Waals surface area contributed by atoms with E-state index in [0.29, 0.717) is 28.8 Å². The number of hydrogen-bond acceptors (Lipinski definition) is 6. The summed E-state index contributed by atoms with van der Waals surface area (Å²) < 4.78 is 11.4. The van der Waals surface area contributed by atoms with Gasteiger partial charge in [0.05, 0.1) is 12.8 Å². The van der Waals surface area contributed by atoms with Crippen LogP contribution in [0.4, 0.5) is 0 Å². The summed E-state index contributed by atoms with van der Waals surface area (Å²) in [5.41, 5.74) is 6.83. The van der Waals surface area contributed by atoms with Gasteiger partial charge in [-0.3, -0.25) is 9.69 Å². The van der Waals surface area contributed by atoms with E-state index < -0.39 is 5.91 Å². The van der Waals surface area contributed by atoms with Crippen molar-refractivity contribution in [3.63, 3.8) is 0 Å². The lowest BCUT2D eigenvalue weighted by Gasteiger charge is -2.26. The second kappa shape index (κ2) is 9.75. The van der Waals surface area contributed by atoms with Crippen LogP contribution in [0.15, 0.2) is 23.6 Å². The molecule has 0 spiro atoms. The van der Waals surface area contributed by atoms with Crippen molar-refractivity contribution in [3.8, 4) is 22.8 Å². The van der Waals surface area contributed by atoms with E-state index in [2.05, 4.69) is 9.88 Å². The summed E-state index contributed by atoms with van der Waals surface area (Å²) in [6.45, 7) is 3.88. The molecule has 8 heteroatoms. The molecule has 0 radical (unpaired) electrons. The maximum atomic E-state index is 11.2. The van der Waals surface area contributed by atoms with E-state index >= 15 is 0 Å². The molecule has 3 rings (SSSR count). The van der Waals surface area contributed by atoms with Crippen molar-refractivity contribution in [3.05, 3.63) is 28.6 Å². The van der Waals surface area contributed by atoms with Gasteiger partial charge in [0, 0.05) is 17.5 Å². The molecule has 6 nitrogen and oxygen atoms in total. The molecule has 2 aromatic rings. The second-order valence-electron chi connectivity index (χ2n) is 6.02. The minimum absolute atomic E-state index is 0. The molecule has 1 aliphatic heterocycles. The van der Waals surface area contributed by atoms with E-state index in [1.807, 2.05) is 23.6 Å². The molecule has 0 saturated carbocycles. The first-order valence-electron chi connectivity index (χ1n) is 8.46. The van der Waals surface area contributed by atoms with Crippen LogP contribution in [0.3, 0.4) is 0 Å². The number of rotatable bonds is 7. The Morgan fingerprint density at radius 1 is 1.27 bits per heavy atom. The van der Waals surface area contributed by atoms with Crippen molar-refractivity contribution in [1.29, 1.82) is 0 Å². The molecule has 2 heterocycles. The number of benzene rings is 1. The fourth-order valence-corrected chi connectivity index (χ4v) is 3.61. The molecule has 26 heavy (non-hydrogen) atoms. The number of methoxy groups -OCH3 is 1. The first-order chi connectivity index (χ1) is 12.2. The molecule has 1 aliphatic rings. The third kappa shape index (κ3) is 5.09. The summed E-state index contributed by atoms with van der Waals surface area (Å²) in [5.74, 6) is 0.860. The topological polar surface area (TPSA) is 77.7 Å². The van der Waals surface area contributed by atoms with Gasteiger partial charge in [-0.05, 0) is 44.1 Å². The van der Waals surface area contributed by atoms with Crippen LogP contribution in [-0.2, 0) is 0 Å². The van der Waals surface area contributed by atoms with Gasteiger partial charge in [-0.15, -0.1) is 23.7 Å². The molecule has 1 aromatic carbocycles. The van der Waals surface area contributed by atoms with E-state index in [1.54, 1.807) is 7.11 Å². The number of likely N-dealkylation sites (tertiary alicyclic amines) is 1. The van der Waals surface area contributed by atoms with Crippen molar-refractivity contribution < 1.29 is 14.3 Å². The highest BCUT2D eigenvalue weighted by Gasteiger charge is 2.13. The summed E-state index contributed by atoms with van der Waals surface area (Å²) in [6, 6.07) is 5.67. The number of carbonyl (C=O) groups excluding carboxylic acids is 1. The number of primary amides is 1. The summed E-state index contributed by atoms with van der Waals surface area (Å²) >= 11 is 1.24. The fourth-order valence-electron chi connectivity index (χ4n) is 2.93. The van der Waals surface area contributed by atoms with E-state index in [1.165, 1.54) is 30.6 Å². The van der Waals surface area contributed by atoms with Crippen molar-refractivity contribution in [2.75, 3.05) is 33.4 Å². The van der Waals surface area contributed by atoms with Crippen molar-refractivity contribution >= 4 is 29.7 Å². The summed E-state index contributed by atoms with van der Waals surface area (Å²) in [7, 11) is 1.62. The number of aromatic nitrogens is 1. The van der Waals surface area contributed by atoms with Gasteiger partial charge in [0.25, 0.3) is 5.91 Å². The monoisotopic (exact) mass is 397 g/mol. The zero-order valence-electron chi connectivity index (χ0n) is 14.8. The number of halogens is 1. The molecule has 0 unspecified atom stereocenters. The van der Waals surface area contributed by atoms with Gasteiger partial charge in [0.2, 0.25) is 0 Å². The molecule has 1 amide bonds. The highest BCUT2D eigenvalue weighted by Crippen LogP contribution is 2.33. The predicted octanol–water partition coefficient (Wildman–Crippen LogP) is 3.20. The van der Waals surface area contributed by atoms with Crippen LogP contribution in [0.5, 0.6) is 11.5 Å². The minimum atomic E-state index is -0.513. The molecule has 2 N–H and O–H groups in total. The molecule has 1 fully saturated rings. The first-order valence-corrected chi connectivity index (χ1v) is 9.34. The maximum Gasteiger partial charge on any atom is 0.277 e. The Balaban J connectivity index is 0.00000243. The van der Waals surface area contributed by atoms with Crippen LogP contribution in [0.2, 0.25) is 0 Å². The zero-order chi connectivity index (χ0) is 17.6. The Bertz CT molecular complexity index is 732. The third-order valence-corrected chi connectivity index (χ3v) is 5.14. The molecule has 1 aromatic heterocycles. The molecular weight excluding hydrogens is 374 g/mol. The van der Waals surface area contributed by atoms with Gasteiger partial charge in [0.1, 0.15) is 6.61 Å². The maximum absolute atomic E-state index is 11.2. The lowest BCUT2D eigenvalue weighted by atomic mass is 10.1. The summed E-state index contributed by atoms with van der Waals surface area (Å²) in [4.78, 5) is 17.9. The normalized spacial score (nSPS) is 14.5. The minimum Gasteiger partial charge on any atom is -0.493 e. The first kappa shape index (κ1) is 20.5. The fraction of sp³-hybridized carbons (Fsp3) is 0.444. The molecule has 0 bridgehead atoms. The van der Waals surface area contributed by atoms with Crippen LogP contribution in [0.25, 0.3) is 11.3 Å². The number of nitrogens with two attached hydrogens (primary N) is 1. The summed E-state index contributed by atoms with van der Waals surface area (Å²) in [6.07, 6.45) is 3.89.